The molecule has 0 aliphatic carbocycles. The minimum absolute atomic E-state index is 0.0716. The number of benzene rings is 1. The van der Waals surface area contributed by atoms with Crippen molar-refractivity contribution in [2.75, 3.05) is 5.32 Å². The third-order valence-electron chi connectivity index (χ3n) is 3.66. The number of hydrogen-bond donors (Lipinski definition) is 3. The Hall–Kier alpha value is -3.30. The van der Waals surface area contributed by atoms with Gasteiger partial charge in [0, 0.05) is 17.7 Å². The minimum atomic E-state index is -4.85. The number of para-hydroxylation sites is 1. The molecule has 1 unspecified atom stereocenters. The molecule has 29 heavy (non-hydrogen) atoms. The quantitative estimate of drug-likeness (QED) is 0.581. The number of H-pyrrole nitrogens is 1. The lowest BCUT2D eigenvalue weighted by Crippen LogP contribution is -2.44. The number of alkyl halides is 3. The first-order valence-electron chi connectivity index (χ1n) is 8.77. The van der Waals surface area contributed by atoms with E-state index >= 15 is 0 Å². The van der Waals surface area contributed by atoms with Gasteiger partial charge in [-0.2, -0.15) is 5.10 Å². The maximum atomic E-state index is 12.5. The molecule has 0 saturated carbocycles. The van der Waals surface area contributed by atoms with Gasteiger partial charge in [-0.1, -0.05) is 32.0 Å². The lowest BCUT2D eigenvalue weighted by molar-refractivity contribution is -0.274. The number of halogens is 3. The van der Waals surface area contributed by atoms with E-state index in [0.717, 1.165) is 12.1 Å². The van der Waals surface area contributed by atoms with E-state index in [4.69, 9.17) is 0 Å². The average molecular weight is 410 g/mol. The SMILES string of the molecule is CC(C)CC(NC(=O)/C=C/c1ccccc1OC(F)(F)F)C(=O)Nc1ccn[nH]1. The number of anilines is 1. The first kappa shape index (κ1) is 22.0. The van der Waals surface area contributed by atoms with Gasteiger partial charge in [-0.3, -0.25) is 14.7 Å². The van der Waals surface area contributed by atoms with E-state index in [1.165, 1.54) is 30.5 Å². The van der Waals surface area contributed by atoms with E-state index in [0.29, 0.717) is 12.2 Å². The summed E-state index contributed by atoms with van der Waals surface area (Å²) >= 11 is 0. The van der Waals surface area contributed by atoms with Crippen LogP contribution in [0.25, 0.3) is 6.08 Å². The predicted molar refractivity (Wildman–Crippen MR) is 101 cm³/mol. The fraction of sp³-hybridized carbons (Fsp3) is 0.316. The predicted octanol–water partition coefficient (Wildman–Crippen LogP) is 3.49. The standard InChI is InChI=1S/C19H21F3N4O3/c1-12(2)11-14(18(28)25-16-9-10-23-26-16)24-17(27)8-7-13-5-3-4-6-15(13)29-19(20,21)22/h3-10,12,14H,11H2,1-2H3,(H,24,27)(H2,23,25,26,28)/b8-7+. The molecule has 1 atom stereocenters. The topological polar surface area (TPSA) is 96.1 Å². The zero-order valence-corrected chi connectivity index (χ0v) is 15.8. The van der Waals surface area contributed by atoms with Crippen molar-refractivity contribution in [1.29, 1.82) is 0 Å². The highest BCUT2D eigenvalue weighted by Gasteiger charge is 2.31. The van der Waals surface area contributed by atoms with Crippen LogP contribution in [0, 0.1) is 5.92 Å². The molecule has 10 heteroatoms. The molecule has 0 aliphatic heterocycles. The van der Waals surface area contributed by atoms with E-state index in [1.54, 1.807) is 6.07 Å². The number of ether oxygens (including phenoxy) is 1. The smallest absolute Gasteiger partial charge is 0.405 e. The number of nitrogens with zero attached hydrogens (tertiary/aromatic N) is 1. The van der Waals surface area contributed by atoms with Gasteiger partial charge in [-0.15, -0.1) is 13.2 Å². The molecule has 0 bridgehead atoms. The molecule has 1 aromatic heterocycles. The van der Waals surface area contributed by atoms with Crippen LogP contribution >= 0.6 is 0 Å². The van der Waals surface area contributed by atoms with E-state index in [-0.39, 0.29) is 11.5 Å². The third kappa shape index (κ3) is 7.68. The van der Waals surface area contributed by atoms with Gasteiger partial charge in [-0.25, -0.2) is 0 Å². The van der Waals surface area contributed by atoms with Crippen molar-refractivity contribution in [3.05, 3.63) is 48.2 Å². The van der Waals surface area contributed by atoms with Crippen molar-refractivity contribution in [2.24, 2.45) is 5.92 Å². The van der Waals surface area contributed by atoms with Crippen LogP contribution in [0.1, 0.15) is 25.8 Å². The number of hydrogen-bond acceptors (Lipinski definition) is 4. The molecule has 0 fully saturated rings. The van der Waals surface area contributed by atoms with Gasteiger partial charge < -0.3 is 15.4 Å². The van der Waals surface area contributed by atoms with Crippen LogP contribution in [0.15, 0.2) is 42.6 Å². The van der Waals surface area contributed by atoms with Crippen LogP contribution < -0.4 is 15.4 Å². The molecule has 7 nitrogen and oxygen atoms in total. The zero-order chi connectivity index (χ0) is 21.4. The fourth-order valence-electron chi connectivity index (χ4n) is 2.47. The Kier molecular flexibility index (Phi) is 7.40. The maximum absolute atomic E-state index is 12.5. The number of aromatic nitrogens is 2. The van der Waals surface area contributed by atoms with Crippen molar-refractivity contribution in [3.8, 4) is 5.75 Å². The van der Waals surface area contributed by atoms with Gasteiger partial charge in [0.05, 0.1) is 6.20 Å². The summed E-state index contributed by atoms with van der Waals surface area (Å²) in [7, 11) is 0. The Balaban J connectivity index is 2.07. The number of carbonyl (C=O) groups is 2. The van der Waals surface area contributed by atoms with Crippen LogP contribution in [0.4, 0.5) is 19.0 Å². The van der Waals surface area contributed by atoms with Gasteiger partial charge in [0.15, 0.2) is 0 Å². The van der Waals surface area contributed by atoms with Crippen LogP contribution in [0.5, 0.6) is 5.75 Å². The molecule has 3 N–H and O–H groups in total. The molecule has 2 aromatic rings. The number of amides is 2. The van der Waals surface area contributed by atoms with Crippen molar-refractivity contribution < 1.29 is 27.5 Å². The molecule has 2 amide bonds. The Labute approximate surface area is 165 Å². The van der Waals surface area contributed by atoms with Gasteiger partial charge in [-0.05, 0) is 24.5 Å². The normalized spacial score (nSPS) is 12.8. The highest BCUT2D eigenvalue weighted by Crippen LogP contribution is 2.27. The van der Waals surface area contributed by atoms with Crippen LogP contribution in [-0.4, -0.2) is 34.4 Å². The molecule has 156 valence electrons. The Morgan fingerprint density at radius 1 is 1.24 bits per heavy atom. The summed E-state index contributed by atoms with van der Waals surface area (Å²) in [4.78, 5) is 24.7. The van der Waals surface area contributed by atoms with E-state index in [1.807, 2.05) is 13.8 Å². The number of aromatic amines is 1. The molecule has 1 aromatic carbocycles. The van der Waals surface area contributed by atoms with Gasteiger partial charge >= 0.3 is 6.36 Å². The third-order valence-corrected chi connectivity index (χ3v) is 3.66. The largest absolute Gasteiger partial charge is 0.573 e. The molecular weight excluding hydrogens is 389 g/mol. The van der Waals surface area contributed by atoms with Crippen molar-refractivity contribution in [3.63, 3.8) is 0 Å². The second kappa shape index (κ2) is 9.76. The van der Waals surface area contributed by atoms with E-state index in [9.17, 15) is 22.8 Å². The Bertz CT molecular complexity index is 849. The first-order valence-corrected chi connectivity index (χ1v) is 8.77. The maximum Gasteiger partial charge on any atom is 0.573 e. The molecule has 1 heterocycles. The number of rotatable bonds is 8. The van der Waals surface area contributed by atoms with Crippen LogP contribution in [-0.2, 0) is 9.59 Å². The molecule has 0 aliphatic rings. The average Bonchev–Trinajstić information content (AvgIpc) is 3.11. The molecule has 2 rings (SSSR count). The molecule has 0 spiro atoms. The van der Waals surface area contributed by atoms with Crippen molar-refractivity contribution in [1.82, 2.24) is 15.5 Å². The highest BCUT2D eigenvalue weighted by molar-refractivity contribution is 5.99. The second-order valence-electron chi connectivity index (χ2n) is 6.57. The lowest BCUT2D eigenvalue weighted by atomic mass is 10.0. The molecular formula is C19H21F3N4O3. The lowest BCUT2D eigenvalue weighted by Gasteiger charge is -2.19. The Morgan fingerprint density at radius 3 is 2.59 bits per heavy atom. The van der Waals surface area contributed by atoms with Gasteiger partial charge in [0.1, 0.15) is 17.6 Å². The van der Waals surface area contributed by atoms with Gasteiger partial charge in [0.25, 0.3) is 0 Å². The fourth-order valence-corrected chi connectivity index (χ4v) is 2.47. The minimum Gasteiger partial charge on any atom is -0.405 e. The molecule has 0 radical (unpaired) electrons. The first-order chi connectivity index (χ1) is 13.6. The van der Waals surface area contributed by atoms with Gasteiger partial charge in [0.2, 0.25) is 11.8 Å². The summed E-state index contributed by atoms with van der Waals surface area (Å²) < 4.78 is 41.4. The van der Waals surface area contributed by atoms with Crippen molar-refractivity contribution >= 4 is 23.7 Å². The van der Waals surface area contributed by atoms with Crippen molar-refractivity contribution in [2.45, 2.75) is 32.7 Å². The second-order valence-corrected chi connectivity index (χ2v) is 6.57. The molecule has 0 saturated heterocycles. The summed E-state index contributed by atoms with van der Waals surface area (Å²) in [6, 6.07) is 6.14. The van der Waals surface area contributed by atoms with Crippen LogP contribution in [0.2, 0.25) is 0 Å². The van der Waals surface area contributed by atoms with E-state index in [2.05, 4.69) is 25.6 Å². The number of carbonyl (C=O) groups excluding carboxylic acids is 2. The summed E-state index contributed by atoms with van der Waals surface area (Å²) in [6.07, 6.45) is -0.771. The zero-order valence-electron chi connectivity index (χ0n) is 15.8. The van der Waals surface area contributed by atoms with Crippen LogP contribution in [0.3, 0.4) is 0 Å². The highest BCUT2D eigenvalue weighted by atomic mass is 19.4. The summed E-state index contributed by atoms with van der Waals surface area (Å²) in [5, 5.41) is 11.5. The summed E-state index contributed by atoms with van der Waals surface area (Å²) in [5.74, 6) is -1.01. The summed E-state index contributed by atoms with van der Waals surface area (Å²) in [5.41, 5.74) is 0.0716. The Morgan fingerprint density at radius 2 is 1.97 bits per heavy atom. The monoisotopic (exact) mass is 410 g/mol. The number of nitrogens with one attached hydrogen (secondary N) is 3. The summed E-state index contributed by atoms with van der Waals surface area (Å²) in [6.45, 7) is 3.78. The van der Waals surface area contributed by atoms with E-state index < -0.39 is 30.0 Å².